The summed E-state index contributed by atoms with van der Waals surface area (Å²) in [4.78, 5) is 15.7. The summed E-state index contributed by atoms with van der Waals surface area (Å²) in [6, 6.07) is 0. The summed E-state index contributed by atoms with van der Waals surface area (Å²) in [6.45, 7) is -0.250. The standard InChI is InChI=1S/C4H3ClN2.CH2O2/c5-4-3-6-1-2-7-4;2-1-3/h1-3H;1H,(H,2,3). The van der Waals surface area contributed by atoms with Gasteiger partial charge in [-0.05, 0) is 0 Å². The summed E-state index contributed by atoms with van der Waals surface area (Å²) in [5.74, 6) is 0. The Kier molecular flexibility index (Phi) is 5.28. The van der Waals surface area contributed by atoms with E-state index in [1.807, 2.05) is 0 Å². The van der Waals surface area contributed by atoms with Gasteiger partial charge in [-0.2, -0.15) is 0 Å². The molecule has 1 aromatic rings. The second-order valence-electron chi connectivity index (χ2n) is 1.13. The third-order valence-electron chi connectivity index (χ3n) is 0.532. The first-order valence-corrected chi connectivity index (χ1v) is 2.68. The van der Waals surface area contributed by atoms with Crippen LogP contribution in [0.2, 0.25) is 5.15 Å². The van der Waals surface area contributed by atoms with E-state index in [0.29, 0.717) is 5.15 Å². The van der Waals surface area contributed by atoms with Gasteiger partial charge in [0.2, 0.25) is 0 Å². The third-order valence-corrected chi connectivity index (χ3v) is 0.727. The van der Waals surface area contributed by atoms with Gasteiger partial charge in [0.25, 0.3) is 6.47 Å². The quantitative estimate of drug-likeness (QED) is 0.571. The zero-order valence-electron chi connectivity index (χ0n) is 4.94. The van der Waals surface area contributed by atoms with Crippen molar-refractivity contribution in [2.45, 2.75) is 0 Å². The first kappa shape index (κ1) is 8.84. The highest BCUT2D eigenvalue weighted by Gasteiger charge is 1.77. The summed E-state index contributed by atoms with van der Waals surface area (Å²) >= 11 is 5.37. The van der Waals surface area contributed by atoms with E-state index < -0.39 is 0 Å². The molecule has 5 heteroatoms. The smallest absolute Gasteiger partial charge is 0.290 e. The van der Waals surface area contributed by atoms with Crippen molar-refractivity contribution in [3.8, 4) is 0 Å². The molecule has 1 heterocycles. The highest BCUT2D eigenvalue weighted by atomic mass is 35.5. The molecule has 0 saturated heterocycles. The van der Waals surface area contributed by atoms with Crippen molar-refractivity contribution >= 4 is 18.1 Å². The minimum absolute atomic E-state index is 0.250. The van der Waals surface area contributed by atoms with E-state index >= 15 is 0 Å². The monoisotopic (exact) mass is 160 g/mol. The van der Waals surface area contributed by atoms with Crippen molar-refractivity contribution in [2.75, 3.05) is 0 Å². The van der Waals surface area contributed by atoms with E-state index in [9.17, 15) is 0 Å². The maximum Gasteiger partial charge on any atom is 0.290 e. The van der Waals surface area contributed by atoms with Crippen molar-refractivity contribution in [3.05, 3.63) is 23.7 Å². The molecule has 0 fully saturated rings. The van der Waals surface area contributed by atoms with Gasteiger partial charge in [0.05, 0.1) is 6.20 Å². The summed E-state index contributed by atoms with van der Waals surface area (Å²) < 4.78 is 0. The van der Waals surface area contributed by atoms with Crippen LogP contribution in [-0.4, -0.2) is 21.5 Å². The topological polar surface area (TPSA) is 63.1 Å². The second kappa shape index (κ2) is 5.97. The highest BCUT2D eigenvalue weighted by molar-refractivity contribution is 6.29. The highest BCUT2D eigenvalue weighted by Crippen LogP contribution is 1.95. The Hall–Kier alpha value is -1.16. The molecular weight excluding hydrogens is 156 g/mol. The Morgan fingerprint density at radius 2 is 2.20 bits per heavy atom. The van der Waals surface area contributed by atoms with Gasteiger partial charge in [-0.15, -0.1) is 0 Å². The normalized spacial score (nSPS) is 7.30. The van der Waals surface area contributed by atoms with Gasteiger partial charge in [-0.1, -0.05) is 11.6 Å². The fourth-order valence-electron chi connectivity index (χ4n) is 0.281. The molecule has 4 nitrogen and oxygen atoms in total. The van der Waals surface area contributed by atoms with Gasteiger partial charge >= 0.3 is 0 Å². The van der Waals surface area contributed by atoms with Crippen LogP contribution in [0.1, 0.15) is 0 Å². The third kappa shape index (κ3) is 4.99. The fourth-order valence-corrected chi connectivity index (χ4v) is 0.394. The molecule has 1 rings (SSSR count). The van der Waals surface area contributed by atoms with Gasteiger partial charge in [-0.3, -0.25) is 9.78 Å². The molecule has 1 aromatic heterocycles. The van der Waals surface area contributed by atoms with Crippen molar-refractivity contribution in [2.24, 2.45) is 0 Å². The van der Waals surface area contributed by atoms with Crippen LogP contribution in [0.3, 0.4) is 0 Å². The van der Waals surface area contributed by atoms with Gasteiger partial charge in [0, 0.05) is 12.4 Å². The number of nitrogens with zero attached hydrogens (tertiary/aromatic N) is 2. The van der Waals surface area contributed by atoms with Crippen molar-refractivity contribution in [3.63, 3.8) is 0 Å². The van der Waals surface area contributed by atoms with Crippen molar-refractivity contribution < 1.29 is 9.90 Å². The Morgan fingerprint density at radius 3 is 2.40 bits per heavy atom. The van der Waals surface area contributed by atoms with Crippen LogP contribution in [0.5, 0.6) is 0 Å². The number of carboxylic acid groups (broad SMARTS) is 1. The first-order chi connectivity index (χ1) is 4.81. The number of hydrogen-bond acceptors (Lipinski definition) is 3. The molecular formula is C5H5ClN2O2. The van der Waals surface area contributed by atoms with E-state index in [4.69, 9.17) is 21.5 Å². The number of rotatable bonds is 0. The van der Waals surface area contributed by atoms with E-state index in [2.05, 4.69) is 9.97 Å². The Morgan fingerprint density at radius 1 is 1.60 bits per heavy atom. The van der Waals surface area contributed by atoms with E-state index in [1.54, 1.807) is 12.4 Å². The largest absolute Gasteiger partial charge is 0.483 e. The zero-order valence-corrected chi connectivity index (χ0v) is 5.69. The number of halogens is 1. The fraction of sp³-hybridized carbons (Fsp3) is 0. The molecule has 0 aliphatic rings. The van der Waals surface area contributed by atoms with Crippen LogP contribution < -0.4 is 0 Å². The molecule has 0 aliphatic heterocycles. The molecule has 0 bridgehead atoms. The van der Waals surface area contributed by atoms with Gasteiger partial charge in [-0.25, -0.2) is 4.98 Å². The predicted molar refractivity (Wildman–Crippen MR) is 35.7 cm³/mol. The van der Waals surface area contributed by atoms with Crippen LogP contribution in [0, 0.1) is 0 Å². The molecule has 0 spiro atoms. The SMILES string of the molecule is Clc1cnccn1.O=CO. The Bertz CT molecular complexity index is 180. The molecule has 10 heavy (non-hydrogen) atoms. The van der Waals surface area contributed by atoms with Crippen molar-refractivity contribution in [1.29, 1.82) is 0 Å². The molecule has 0 saturated carbocycles. The van der Waals surface area contributed by atoms with Crippen LogP contribution >= 0.6 is 11.6 Å². The maximum absolute atomic E-state index is 8.36. The molecule has 0 aromatic carbocycles. The lowest BCUT2D eigenvalue weighted by Crippen LogP contribution is -1.71. The Balaban J connectivity index is 0.000000236. The predicted octanol–water partition coefficient (Wildman–Crippen LogP) is 0.831. The lowest BCUT2D eigenvalue weighted by atomic mass is 10.8. The second-order valence-corrected chi connectivity index (χ2v) is 1.52. The van der Waals surface area contributed by atoms with Crippen LogP contribution in [0.15, 0.2) is 18.6 Å². The molecule has 0 aliphatic carbocycles. The Labute approximate surface area is 62.5 Å². The van der Waals surface area contributed by atoms with Gasteiger partial charge in [0.15, 0.2) is 0 Å². The lowest BCUT2D eigenvalue weighted by Gasteiger charge is -1.79. The van der Waals surface area contributed by atoms with Gasteiger partial charge in [0.1, 0.15) is 5.15 Å². The summed E-state index contributed by atoms with van der Waals surface area (Å²) in [5, 5.41) is 7.32. The number of carbonyl (C=O) groups is 1. The van der Waals surface area contributed by atoms with Gasteiger partial charge < -0.3 is 5.11 Å². The summed E-state index contributed by atoms with van der Waals surface area (Å²) in [7, 11) is 0. The summed E-state index contributed by atoms with van der Waals surface area (Å²) in [6.07, 6.45) is 4.61. The molecule has 0 radical (unpaired) electrons. The van der Waals surface area contributed by atoms with E-state index in [-0.39, 0.29) is 6.47 Å². The number of aromatic nitrogens is 2. The van der Waals surface area contributed by atoms with E-state index in [0.717, 1.165) is 0 Å². The molecule has 54 valence electrons. The minimum atomic E-state index is -0.250. The molecule has 1 N–H and O–H groups in total. The lowest BCUT2D eigenvalue weighted by molar-refractivity contribution is -0.122. The average molecular weight is 161 g/mol. The molecule has 0 unspecified atom stereocenters. The van der Waals surface area contributed by atoms with E-state index in [1.165, 1.54) is 6.20 Å². The first-order valence-electron chi connectivity index (χ1n) is 2.30. The summed E-state index contributed by atoms with van der Waals surface area (Å²) in [5.41, 5.74) is 0. The zero-order chi connectivity index (χ0) is 7.82. The average Bonchev–Trinajstić information content (AvgIpc) is 1.91. The van der Waals surface area contributed by atoms with Crippen LogP contribution in [0.4, 0.5) is 0 Å². The molecule has 0 atom stereocenters. The van der Waals surface area contributed by atoms with Crippen LogP contribution in [-0.2, 0) is 4.79 Å². The molecule has 0 amide bonds. The number of hydrogen-bond donors (Lipinski definition) is 1. The maximum atomic E-state index is 8.36. The van der Waals surface area contributed by atoms with Crippen LogP contribution in [0.25, 0.3) is 0 Å². The van der Waals surface area contributed by atoms with Crippen molar-refractivity contribution in [1.82, 2.24) is 9.97 Å². The minimum Gasteiger partial charge on any atom is -0.483 e.